The van der Waals surface area contributed by atoms with Gasteiger partial charge in [0.05, 0.1) is 22.7 Å². The fourth-order valence-corrected chi connectivity index (χ4v) is 5.55. The van der Waals surface area contributed by atoms with Gasteiger partial charge >= 0.3 is 5.97 Å². The second-order valence-electron chi connectivity index (χ2n) is 9.59. The topological polar surface area (TPSA) is 74.6 Å². The summed E-state index contributed by atoms with van der Waals surface area (Å²) in [7, 11) is 2.43. The Morgan fingerprint density at radius 1 is 0.939 bits per heavy atom. The molecule has 6 heteroatoms. The molecule has 33 heavy (non-hydrogen) atoms. The summed E-state index contributed by atoms with van der Waals surface area (Å²) >= 11 is 0. The van der Waals surface area contributed by atoms with Gasteiger partial charge in [-0.1, -0.05) is 80.5 Å². The van der Waals surface area contributed by atoms with Crippen LogP contribution in [0.1, 0.15) is 85.8 Å². The van der Waals surface area contributed by atoms with Crippen molar-refractivity contribution >= 4 is 30.1 Å². The van der Waals surface area contributed by atoms with Crippen LogP contribution in [-0.4, -0.2) is 29.1 Å². The summed E-state index contributed by atoms with van der Waals surface area (Å²) in [5.41, 5.74) is 10.3. The summed E-state index contributed by atoms with van der Waals surface area (Å²) < 4.78 is 0. The number of allylic oxidation sites excluding steroid dienone is 1. The Labute approximate surface area is 196 Å². The van der Waals surface area contributed by atoms with Crippen molar-refractivity contribution in [2.75, 3.05) is 0 Å². The van der Waals surface area contributed by atoms with E-state index in [4.69, 9.17) is 5.10 Å². The van der Waals surface area contributed by atoms with E-state index in [1.165, 1.54) is 74.2 Å². The van der Waals surface area contributed by atoms with E-state index in [-0.39, 0.29) is 11.5 Å². The molecule has 2 N–H and O–H groups in total. The Hall–Kier alpha value is -2.89. The predicted octanol–water partition coefficient (Wildman–Crippen LogP) is 5.16. The van der Waals surface area contributed by atoms with E-state index in [2.05, 4.69) is 42.0 Å². The fraction of sp³-hybridized carbons (Fsp3) is 0.444. The van der Waals surface area contributed by atoms with Gasteiger partial charge < -0.3 is 5.11 Å². The average Bonchev–Trinajstić information content (AvgIpc) is 3.33. The lowest BCUT2D eigenvalue weighted by atomic mass is 9.58. The molecule has 1 radical (unpaired) electrons. The van der Waals surface area contributed by atoms with Crippen molar-refractivity contribution in [3.8, 4) is 0 Å². The molecule has 2 saturated carbocycles. The third-order valence-electron chi connectivity index (χ3n) is 7.35. The van der Waals surface area contributed by atoms with E-state index in [0.29, 0.717) is 0 Å². The smallest absolute Gasteiger partial charge is 0.337 e. The van der Waals surface area contributed by atoms with Crippen LogP contribution in [-0.2, 0) is 0 Å². The van der Waals surface area contributed by atoms with Gasteiger partial charge in [-0.05, 0) is 42.5 Å². The number of hydrogen-bond donors (Lipinski definition) is 2. The van der Waals surface area contributed by atoms with Crippen LogP contribution in [0.25, 0.3) is 5.70 Å². The Kier molecular flexibility index (Phi) is 6.61. The molecule has 0 spiro atoms. The molecule has 1 aromatic carbocycles. The van der Waals surface area contributed by atoms with Crippen molar-refractivity contribution in [3.63, 3.8) is 0 Å². The third-order valence-corrected chi connectivity index (χ3v) is 7.35. The molecular formula is C27H31BN3O2. The van der Waals surface area contributed by atoms with Gasteiger partial charge in [-0.25, -0.2) is 4.79 Å². The number of carbonyl (C=O) groups is 1. The molecule has 1 atom stereocenters. The number of pyridine rings is 1. The van der Waals surface area contributed by atoms with Crippen LogP contribution in [0.2, 0.25) is 5.82 Å². The minimum absolute atomic E-state index is 0.201. The van der Waals surface area contributed by atoms with Gasteiger partial charge in [0.15, 0.2) is 7.28 Å². The maximum Gasteiger partial charge on any atom is 0.337 e. The van der Waals surface area contributed by atoms with Gasteiger partial charge in [-0.3, -0.25) is 10.4 Å². The Bertz CT molecular complexity index is 1050. The van der Waals surface area contributed by atoms with Crippen LogP contribution in [0.15, 0.2) is 53.3 Å². The SMILES string of the molecule is O=C(O)c1ccc(C2=NNC(c3ccc([B]C4CCCC4)cc3)=C3CCCCCCC23)nc1. The van der Waals surface area contributed by atoms with Crippen LogP contribution in [0, 0.1) is 5.92 Å². The molecule has 0 saturated heterocycles. The standard InChI is InChI=1S/C27H31BN3O2/c32-27(33)19-13-16-24(29-17-19)26-23-10-4-2-1-3-9-22(23)25(30-31-26)18-11-14-21(15-12-18)28-20-7-5-6-8-20/h11-17,20,23,30H,1-10H2,(H,32,33). The van der Waals surface area contributed by atoms with E-state index < -0.39 is 5.97 Å². The molecule has 2 fully saturated rings. The molecule has 1 aliphatic heterocycles. The minimum Gasteiger partial charge on any atom is -0.478 e. The number of hydrogen-bond acceptors (Lipinski definition) is 4. The monoisotopic (exact) mass is 440 g/mol. The summed E-state index contributed by atoms with van der Waals surface area (Å²) in [5, 5.41) is 14.0. The highest BCUT2D eigenvalue weighted by Crippen LogP contribution is 2.37. The minimum atomic E-state index is -0.958. The lowest BCUT2D eigenvalue weighted by Gasteiger charge is -2.31. The lowest BCUT2D eigenvalue weighted by Crippen LogP contribution is -2.30. The van der Waals surface area contributed by atoms with E-state index in [9.17, 15) is 9.90 Å². The van der Waals surface area contributed by atoms with E-state index in [0.717, 1.165) is 35.8 Å². The number of carboxylic acids is 1. The number of aromatic carboxylic acids is 1. The number of rotatable bonds is 5. The average molecular weight is 440 g/mol. The lowest BCUT2D eigenvalue weighted by molar-refractivity contribution is 0.0696. The molecule has 1 aromatic heterocycles. The fourth-order valence-electron chi connectivity index (χ4n) is 5.55. The summed E-state index contributed by atoms with van der Waals surface area (Å²) in [6.45, 7) is 0. The highest BCUT2D eigenvalue weighted by atomic mass is 16.4. The molecular weight excluding hydrogens is 409 g/mol. The van der Waals surface area contributed by atoms with Crippen molar-refractivity contribution in [2.24, 2.45) is 11.0 Å². The van der Waals surface area contributed by atoms with Gasteiger partial charge in [-0.2, -0.15) is 5.10 Å². The molecule has 1 unspecified atom stereocenters. The molecule has 3 aliphatic rings. The van der Waals surface area contributed by atoms with Crippen LogP contribution >= 0.6 is 0 Å². The summed E-state index contributed by atoms with van der Waals surface area (Å²) in [6, 6.07) is 12.4. The van der Waals surface area contributed by atoms with Gasteiger partial charge in [0.25, 0.3) is 0 Å². The number of carboxylic acid groups (broad SMARTS) is 1. The zero-order chi connectivity index (χ0) is 22.6. The molecule has 5 nitrogen and oxygen atoms in total. The predicted molar refractivity (Wildman–Crippen MR) is 133 cm³/mol. The van der Waals surface area contributed by atoms with Crippen LogP contribution < -0.4 is 10.9 Å². The van der Waals surface area contributed by atoms with E-state index in [1.54, 1.807) is 12.1 Å². The molecule has 2 aromatic rings. The zero-order valence-electron chi connectivity index (χ0n) is 19.1. The molecule has 5 rings (SSSR count). The van der Waals surface area contributed by atoms with Crippen molar-refractivity contribution in [1.29, 1.82) is 0 Å². The Morgan fingerprint density at radius 3 is 2.42 bits per heavy atom. The molecule has 169 valence electrons. The first-order valence-corrected chi connectivity index (χ1v) is 12.4. The first-order chi connectivity index (χ1) is 16.2. The van der Waals surface area contributed by atoms with Crippen molar-refractivity contribution in [3.05, 3.63) is 65.0 Å². The van der Waals surface area contributed by atoms with Crippen LogP contribution in [0.3, 0.4) is 0 Å². The van der Waals surface area contributed by atoms with Crippen molar-refractivity contribution in [1.82, 2.24) is 10.4 Å². The number of nitrogens with zero attached hydrogens (tertiary/aromatic N) is 2. The zero-order valence-corrected chi connectivity index (χ0v) is 19.1. The van der Waals surface area contributed by atoms with Gasteiger partial charge in [0.1, 0.15) is 0 Å². The van der Waals surface area contributed by atoms with Gasteiger partial charge in [-0.15, -0.1) is 0 Å². The Balaban J connectivity index is 1.42. The summed E-state index contributed by atoms with van der Waals surface area (Å²) in [5.74, 6) is -0.0116. The maximum atomic E-state index is 11.2. The summed E-state index contributed by atoms with van der Waals surface area (Å²) in [4.78, 5) is 15.7. The second-order valence-corrected chi connectivity index (χ2v) is 9.59. The van der Waals surface area contributed by atoms with E-state index in [1.807, 2.05) is 0 Å². The molecule has 0 bridgehead atoms. The maximum absolute atomic E-state index is 11.2. The van der Waals surface area contributed by atoms with E-state index >= 15 is 0 Å². The first-order valence-electron chi connectivity index (χ1n) is 12.4. The number of hydrazone groups is 1. The number of nitrogens with one attached hydrogen (secondary N) is 1. The van der Waals surface area contributed by atoms with Gasteiger partial charge in [0, 0.05) is 12.1 Å². The highest BCUT2D eigenvalue weighted by Gasteiger charge is 2.30. The van der Waals surface area contributed by atoms with Crippen molar-refractivity contribution < 1.29 is 9.90 Å². The second kappa shape index (κ2) is 9.94. The molecule has 0 amide bonds. The van der Waals surface area contributed by atoms with Gasteiger partial charge in [0.2, 0.25) is 0 Å². The highest BCUT2D eigenvalue weighted by molar-refractivity contribution is 6.55. The summed E-state index contributed by atoms with van der Waals surface area (Å²) in [6.07, 6.45) is 13.7. The normalized spacial score (nSPS) is 21.5. The Morgan fingerprint density at radius 2 is 1.70 bits per heavy atom. The molecule has 2 aliphatic carbocycles. The quantitative estimate of drug-likeness (QED) is 0.630. The van der Waals surface area contributed by atoms with Crippen molar-refractivity contribution in [2.45, 2.75) is 70.0 Å². The molecule has 2 heterocycles. The number of benzene rings is 1. The largest absolute Gasteiger partial charge is 0.478 e. The first kappa shape index (κ1) is 21.9. The third kappa shape index (κ3) is 4.90. The number of aromatic nitrogens is 1. The number of fused-ring (bicyclic) bond motifs is 1. The van der Waals surface area contributed by atoms with Crippen LogP contribution in [0.4, 0.5) is 0 Å². The van der Waals surface area contributed by atoms with Crippen LogP contribution in [0.5, 0.6) is 0 Å².